The van der Waals surface area contributed by atoms with Crippen molar-refractivity contribution in [1.29, 1.82) is 0 Å². The predicted molar refractivity (Wildman–Crippen MR) is 256 cm³/mol. The predicted octanol–water partition coefficient (Wildman–Crippen LogP) is 13.1. The first-order valence-corrected chi connectivity index (χ1v) is 22.6. The number of hydrogen-bond donors (Lipinski definition) is 0. The lowest BCUT2D eigenvalue weighted by atomic mass is 9.33. The van der Waals surface area contributed by atoms with Gasteiger partial charge in [-0.1, -0.05) is 98.8 Å². The third-order valence-corrected chi connectivity index (χ3v) is 15.0. The van der Waals surface area contributed by atoms with Crippen molar-refractivity contribution in [1.82, 2.24) is 0 Å². The highest BCUT2D eigenvalue weighted by Crippen LogP contribution is 2.58. The van der Waals surface area contributed by atoms with Gasteiger partial charge in [-0.05, 0) is 160 Å². The van der Waals surface area contributed by atoms with Crippen LogP contribution < -0.4 is 36.0 Å². The van der Waals surface area contributed by atoms with Crippen LogP contribution in [0.5, 0.6) is 0 Å². The maximum atomic E-state index is 2.73. The van der Waals surface area contributed by atoms with E-state index in [9.17, 15) is 0 Å². The molecule has 5 aliphatic rings. The highest BCUT2D eigenvalue weighted by atomic mass is 15.3. The van der Waals surface area contributed by atoms with E-state index in [1.54, 1.807) is 0 Å². The molecule has 6 aromatic carbocycles. The molecule has 0 N–H and O–H groups in total. The van der Waals surface area contributed by atoms with Gasteiger partial charge in [-0.2, -0.15) is 0 Å². The van der Waals surface area contributed by atoms with Gasteiger partial charge >= 0.3 is 0 Å². The molecule has 4 nitrogen and oxygen atoms in total. The van der Waals surface area contributed by atoms with Crippen molar-refractivity contribution in [2.75, 3.05) is 19.6 Å². The Bertz CT molecular complexity index is 2680. The van der Waals surface area contributed by atoms with Crippen LogP contribution in [-0.4, -0.2) is 12.3 Å². The number of rotatable bonds is 8. The molecule has 1 atom stereocenters. The number of benzene rings is 6. The third kappa shape index (κ3) is 5.50. The van der Waals surface area contributed by atoms with Crippen LogP contribution in [0, 0.1) is 0 Å². The maximum absolute atomic E-state index is 2.73. The van der Waals surface area contributed by atoms with Crippen LogP contribution in [0.15, 0.2) is 163 Å². The monoisotopic (exact) mass is 782 g/mol. The standard InChI is InChI=1S/C55H55BN4/c1-5-55(4)46-31-19-32-48-53(46)60(54(55,2)3)50-34-20-33-49-52(50)56(48)47-36-35-45(58(41-25-14-8-15-26-41)42-27-16-9-17-28-42)38-51(47)59(49)44-30-18-29-43(37-44)57(39-21-10-6-11-22-39)40-23-12-7-13-24-40/h6,8,10-11,14-15,18-23,25-27,29-38H,5,7,9,12-13,16-17,24,28H2,1-4H3. The second kappa shape index (κ2) is 14.4. The van der Waals surface area contributed by atoms with E-state index in [1.807, 2.05) is 0 Å². The van der Waals surface area contributed by atoms with Crippen LogP contribution >= 0.6 is 0 Å². The Morgan fingerprint density at radius 2 is 1.15 bits per heavy atom. The lowest BCUT2D eigenvalue weighted by Gasteiger charge is -2.49. The summed E-state index contributed by atoms with van der Waals surface area (Å²) < 4.78 is 0. The summed E-state index contributed by atoms with van der Waals surface area (Å²) in [5.41, 5.74) is 19.6. The van der Waals surface area contributed by atoms with Crippen LogP contribution in [0.2, 0.25) is 0 Å². The molecule has 60 heavy (non-hydrogen) atoms. The zero-order chi connectivity index (χ0) is 40.6. The van der Waals surface area contributed by atoms with Crippen LogP contribution in [0.3, 0.4) is 0 Å². The topological polar surface area (TPSA) is 13.0 Å². The fraction of sp³-hybridized carbons (Fsp3) is 0.273. The molecule has 298 valence electrons. The Hall–Kier alpha value is -5.94. The Labute approximate surface area is 357 Å². The van der Waals surface area contributed by atoms with E-state index in [0.29, 0.717) is 0 Å². The summed E-state index contributed by atoms with van der Waals surface area (Å²) in [5, 5.41) is 0. The summed E-state index contributed by atoms with van der Waals surface area (Å²) in [6.07, 6.45) is 15.4. The minimum Gasteiger partial charge on any atom is -0.336 e. The van der Waals surface area contributed by atoms with Gasteiger partial charge in [0.25, 0.3) is 6.71 Å². The summed E-state index contributed by atoms with van der Waals surface area (Å²) in [6, 6.07) is 53.0. The zero-order valence-corrected chi connectivity index (χ0v) is 35.7. The molecule has 3 aliphatic heterocycles. The molecule has 0 aromatic heterocycles. The van der Waals surface area contributed by atoms with E-state index >= 15 is 0 Å². The van der Waals surface area contributed by atoms with Crippen LogP contribution in [0.1, 0.15) is 91.0 Å². The minimum absolute atomic E-state index is 0.00608. The van der Waals surface area contributed by atoms with Gasteiger partial charge in [0, 0.05) is 73.5 Å². The molecule has 1 unspecified atom stereocenters. The molecule has 0 bridgehead atoms. The van der Waals surface area contributed by atoms with Crippen molar-refractivity contribution in [2.24, 2.45) is 0 Å². The van der Waals surface area contributed by atoms with Crippen molar-refractivity contribution >= 4 is 74.3 Å². The van der Waals surface area contributed by atoms with Crippen molar-refractivity contribution in [3.63, 3.8) is 0 Å². The number of anilines is 9. The Morgan fingerprint density at radius 1 is 0.550 bits per heavy atom. The SMILES string of the molecule is CCC1(C)c2cccc3c2N(c2cccc4c2B3c2ccc(N(C3=CCCCC3)c3ccccc3)cc2N4c2cccc(N(C3=CCCCC3)c3ccccc3)c2)C1(C)C. The second-order valence-corrected chi connectivity index (χ2v) is 18.3. The molecular formula is C55H55BN4. The summed E-state index contributed by atoms with van der Waals surface area (Å²) >= 11 is 0. The average molecular weight is 783 g/mol. The molecule has 5 heteroatoms. The molecule has 0 spiro atoms. The lowest BCUT2D eigenvalue weighted by Crippen LogP contribution is -2.63. The van der Waals surface area contributed by atoms with Crippen LogP contribution in [-0.2, 0) is 5.41 Å². The molecule has 0 saturated heterocycles. The fourth-order valence-electron chi connectivity index (χ4n) is 11.5. The first-order valence-electron chi connectivity index (χ1n) is 22.6. The van der Waals surface area contributed by atoms with E-state index in [-0.39, 0.29) is 17.7 Å². The highest BCUT2D eigenvalue weighted by Gasteiger charge is 2.57. The molecule has 0 radical (unpaired) electrons. The molecule has 6 aromatic rings. The fourth-order valence-corrected chi connectivity index (χ4v) is 11.5. The van der Waals surface area contributed by atoms with Gasteiger partial charge in [-0.25, -0.2) is 0 Å². The Morgan fingerprint density at radius 3 is 1.78 bits per heavy atom. The van der Waals surface area contributed by atoms with Gasteiger partial charge in [0.1, 0.15) is 0 Å². The van der Waals surface area contributed by atoms with Crippen molar-refractivity contribution in [2.45, 2.75) is 96.4 Å². The van der Waals surface area contributed by atoms with Crippen molar-refractivity contribution in [3.05, 3.63) is 169 Å². The number of hydrogen-bond acceptors (Lipinski definition) is 4. The Balaban J connectivity index is 1.16. The zero-order valence-electron chi connectivity index (χ0n) is 35.7. The second-order valence-electron chi connectivity index (χ2n) is 18.3. The van der Waals surface area contributed by atoms with Gasteiger partial charge in [-0.15, -0.1) is 0 Å². The van der Waals surface area contributed by atoms with E-state index in [0.717, 1.165) is 32.1 Å². The smallest absolute Gasteiger partial charge is 0.252 e. The average Bonchev–Trinajstić information content (AvgIpc) is 3.48. The van der Waals surface area contributed by atoms with Gasteiger partial charge in [-0.3, -0.25) is 0 Å². The highest BCUT2D eigenvalue weighted by molar-refractivity contribution is 7.00. The van der Waals surface area contributed by atoms with Gasteiger partial charge in [0.2, 0.25) is 0 Å². The first-order chi connectivity index (χ1) is 29.4. The molecule has 0 saturated carbocycles. The molecular weight excluding hydrogens is 727 g/mol. The lowest BCUT2D eigenvalue weighted by molar-refractivity contribution is 0.293. The molecule has 0 fully saturated rings. The summed E-state index contributed by atoms with van der Waals surface area (Å²) in [4.78, 5) is 10.4. The first kappa shape index (κ1) is 37.1. The van der Waals surface area contributed by atoms with E-state index in [2.05, 4.69) is 199 Å². The molecule has 0 amide bonds. The van der Waals surface area contributed by atoms with Gasteiger partial charge in [0.15, 0.2) is 0 Å². The maximum Gasteiger partial charge on any atom is 0.252 e. The number of nitrogens with zero attached hydrogens (tertiary/aromatic N) is 4. The van der Waals surface area contributed by atoms with Gasteiger partial charge < -0.3 is 19.6 Å². The minimum atomic E-state index is -0.122. The normalized spacial score (nSPS) is 19.5. The van der Waals surface area contributed by atoms with Crippen molar-refractivity contribution in [3.8, 4) is 0 Å². The van der Waals surface area contributed by atoms with Crippen molar-refractivity contribution < 1.29 is 0 Å². The van der Waals surface area contributed by atoms with E-state index in [1.165, 1.54) is 110 Å². The summed E-state index contributed by atoms with van der Waals surface area (Å²) in [7, 11) is 0. The van der Waals surface area contributed by atoms with E-state index < -0.39 is 0 Å². The number of allylic oxidation sites excluding steroid dienone is 4. The molecule has 3 heterocycles. The summed E-state index contributed by atoms with van der Waals surface area (Å²) in [5.74, 6) is 0. The number of fused-ring (bicyclic) bond motifs is 4. The third-order valence-electron chi connectivity index (χ3n) is 15.0. The van der Waals surface area contributed by atoms with Crippen LogP contribution in [0.25, 0.3) is 0 Å². The largest absolute Gasteiger partial charge is 0.336 e. The summed E-state index contributed by atoms with van der Waals surface area (Å²) in [6.45, 7) is 9.92. The van der Waals surface area contributed by atoms with Crippen LogP contribution in [0.4, 0.5) is 51.2 Å². The molecule has 11 rings (SSSR count). The van der Waals surface area contributed by atoms with E-state index in [4.69, 9.17) is 0 Å². The van der Waals surface area contributed by atoms with Gasteiger partial charge in [0.05, 0.1) is 0 Å². The number of para-hydroxylation sites is 3. The Kier molecular flexibility index (Phi) is 8.88. The quantitative estimate of drug-likeness (QED) is 0.142. The molecule has 2 aliphatic carbocycles.